The fraction of sp³-hybridized carbons (Fsp3) is 0.120. The molecule has 1 aliphatic rings. The highest BCUT2D eigenvalue weighted by Gasteiger charge is 2.26. The first-order chi connectivity index (χ1) is 15.2. The number of benzene rings is 2. The summed E-state index contributed by atoms with van der Waals surface area (Å²) in [5.41, 5.74) is 5.44. The second-order valence-corrected chi connectivity index (χ2v) is 7.64. The highest BCUT2D eigenvalue weighted by Crippen LogP contribution is 2.38. The SMILES string of the molecule is O=CNc1ncccc1C1Cc2cc3ccc(C(=O)Nc4ccccc4)nc3cc2C1. The van der Waals surface area contributed by atoms with Gasteiger partial charge in [-0.3, -0.25) is 9.59 Å². The lowest BCUT2D eigenvalue weighted by atomic mass is 9.97. The van der Waals surface area contributed by atoms with Crippen molar-refractivity contribution in [3.05, 3.63) is 95.3 Å². The number of nitrogens with one attached hydrogen (secondary N) is 2. The smallest absolute Gasteiger partial charge is 0.274 e. The third-order valence-electron chi connectivity index (χ3n) is 5.68. The summed E-state index contributed by atoms with van der Waals surface area (Å²) < 4.78 is 0. The summed E-state index contributed by atoms with van der Waals surface area (Å²) in [5, 5.41) is 6.59. The van der Waals surface area contributed by atoms with Crippen molar-refractivity contribution in [2.75, 3.05) is 10.6 Å². The van der Waals surface area contributed by atoms with Crippen LogP contribution in [0.15, 0.2) is 72.9 Å². The molecule has 4 aromatic rings. The van der Waals surface area contributed by atoms with Gasteiger partial charge in [0.25, 0.3) is 5.91 Å². The average molecular weight is 408 g/mol. The van der Waals surface area contributed by atoms with Crippen LogP contribution < -0.4 is 10.6 Å². The lowest BCUT2D eigenvalue weighted by Gasteiger charge is -2.13. The summed E-state index contributed by atoms with van der Waals surface area (Å²) in [7, 11) is 0. The quantitative estimate of drug-likeness (QED) is 0.482. The number of pyridine rings is 2. The molecule has 0 fully saturated rings. The molecule has 0 radical (unpaired) electrons. The van der Waals surface area contributed by atoms with Gasteiger partial charge in [-0.25, -0.2) is 9.97 Å². The predicted octanol–water partition coefficient (Wildman–Crippen LogP) is 4.33. The number of rotatable bonds is 5. The second-order valence-electron chi connectivity index (χ2n) is 7.64. The van der Waals surface area contributed by atoms with Crippen molar-refractivity contribution in [3.63, 3.8) is 0 Å². The van der Waals surface area contributed by atoms with Crippen LogP contribution in [0.1, 0.15) is 33.1 Å². The Morgan fingerprint density at radius 2 is 1.77 bits per heavy atom. The van der Waals surface area contributed by atoms with Gasteiger partial charge in [0.05, 0.1) is 5.52 Å². The van der Waals surface area contributed by atoms with E-state index in [0.717, 1.165) is 35.0 Å². The summed E-state index contributed by atoms with van der Waals surface area (Å²) in [6.07, 6.45) is 4.05. The van der Waals surface area contributed by atoms with Crippen molar-refractivity contribution in [1.82, 2.24) is 9.97 Å². The molecule has 0 saturated carbocycles. The van der Waals surface area contributed by atoms with E-state index in [2.05, 4.69) is 32.7 Å². The minimum atomic E-state index is -0.230. The van der Waals surface area contributed by atoms with E-state index in [-0.39, 0.29) is 11.8 Å². The molecule has 0 aliphatic heterocycles. The van der Waals surface area contributed by atoms with Crippen molar-refractivity contribution in [2.24, 2.45) is 0 Å². The number of carbonyl (C=O) groups excluding carboxylic acids is 2. The maximum absolute atomic E-state index is 12.6. The summed E-state index contributed by atoms with van der Waals surface area (Å²) in [5.74, 6) is 0.619. The third kappa shape index (κ3) is 3.75. The summed E-state index contributed by atoms with van der Waals surface area (Å²) in [6.45, 7) is 0. The molecule has 1 unspecified atom stereocenters. The fourth-order valence-electron chi connectivity index (χ4n) is 4.23. The predicted molar refractivity (Wildman–Crippen MR) is 120 cm³/mol. The maximum Gasteiger partial charge on any atom is 0.274 e. The second kappa shape index (κ2) is 7.99. The fourth-order valence-corrected chi connectivity index (χ4v) is 4.23. The summed E-state index contributed by atoms with van der Waals surface area (Å²) in [6, 6.07) is 21.2. The molecule has 0 spiro atoms. The van der Waals surface area contributed by atoms with Crippen molar-refractivity contribution in [1.29, 1.82) is 0 Å². The normalized spacial score (nSPS) is 14.8. The Kier molecular flexibility index (Phi) is 4.88. The van der Waals surface area contributed by atoms with Gasteiger partial charge in [-0.05, 0) is 71.8 Å². The number of para-hydroxylation sites is 1. The molecule has 0 bridgehead atoms. The highest BCUT2D eigenvalue weighted by molar-refractivity contribution is 6.04. The molecule has 6 nitrogen and oxygen atoms in total. The van der Waals surface area contributed by atoms with Crippen LogP contribution >= 0.6 is 0 Å². The molecule has 6 heteroatoms. The van der Waals surface area contributed by atoms with Crippen LogP contribution in [0.5, 0.6) is 0 Å². The van der Waals surface area contributed by atoms with Crippen LogP contribution in [0.4, 0.5) is 11.5 Å². The van der Waals surface area contributed by atoms with Crippen molar-refractivity contribution in [3.8, 4) is 0 Å². The Bertz CT molecular complexity index is 1290. The maximum atomic E-state index is 12.6. The Labute approximate surface area is 179 Å². The zero-order valence-electron chi connectivity index (χ0n) is 16.7. The monoisotopic (exact) mass is 408 g/mol. The minimum Gasteiger partial charge on any atom is -0.321 e. The topological polar surface area (TPSA) is 84.0 Å². The van der Waals surface area contributed by atoms with Crippen molar-refractivity contribution in [2.45, 2.75) is 18.8 Å². The molecular weight excluding hydrogens is 388 g/mol. The van der Waals surface area contributed by atoms with E-state index < -0.39 is 0 Å². The number of amides is 2. The zero-order valence-corrected chi connectivity index (χ0v) is 16.7. The number of hydrogen-bond acceptors (Lipinski definition) is 4. The van der Waals surface area contributed by atoms with Gasteiger partial charge in [0.1, 0.15) is 11.5 Å². The standard InChI is InChI=1S/C25H20N4O2/c30-15-27-24-21(7-4-10-26-24)19-12-17-11-16-8-9-22(29-23(16)14-18(17)13-19)25(31)28-20-5-2-1-3-6-20/h1-11,14-15,19H,12-13H2,(H,28,31)(H,26,27,30). The Morgan fingerprint density at radius 3 is 2.58 bits per heavy atom. The number of carbonyl (C=O) groups is 2. The molecule has 2 aromatic carbocycles. The largest absolute Gasteiger partial charge is 0.321 e. The molecule has 5 rings (SSSR count). The van der Waals surface area contributed by atoms with Crippen molar-refractivity contribution < 1.29 is 9.59 Å². The minimum absolute atomic E-state index is 0.230. The molecule has 1 aliphatic carbocycles. The highest BCUT2D eigenvalue weighted by atomic mass is 16.2. The summed E-state index contributed by atoms with van der Waals surface area (Å²) >= 11 is 0. The van der Waals surface area contributed by atoms with E-state index in [4.69, 9.17) is 0 Å². The van der Waals surface area contributed by atoms with Gasteiger partial charge >= 0.3 is 0 Å². The first-order valence-electron chi connectivity index (χ1n) is 10.2. The molecule has 0 saturated heterocycles. The lowest BCUT2D eigenvalue weighted by molar-refractivity contribution is -0.105. The molecule has 2 aromatic heterocycles. The van der Waals surface area contributed by atoms with Crippen LogP contribution in [0, 0.1) is 0 Å². The van der Waals surface area contributed by atoms with Crippen LogP contribution in [0.3, 0.4) is 0 Å². The van der Waals surface area contributed by atoms with Crippen LogP contribution in [0.2, 0.25) is 0 Å². The molecule has 152 valence electrons. The van der Waals surface area contributed by atoms with E-state index in [1.807, 2.05) is 48.5 Å². The number of nitrogens with zero attached hydrogens (tertiary/aromatic N) is 2. The molecule has 1 atom stereocenters. The van der Waals surface area contributed by atoms with Gasteiger partial charge in [-0.15, -0.1) is 0 Å². The van der Waals surface area contributed by atoms with E-state index in [1.165, 1.54) is 11.1 Å². The van der Waals surface area contributed by atoms with Crippen LogP contribution in [-0.4, -0.2) is 22.3 Å². The number of hydrogen-bond donors (Lipinski definition) is 2. The van der Waals surface area contributed by atoms with Crippen LogP contribution in [0.25, 0.3) is 10.9 Å². The number of anilines is 2. The van der Waals surface area contributed by atoms with Gasteiger partial charge in [-0.1, -0.05) is 30.3 Å². The molecule has 2 N–H and O–H groups in total. The molecule has 31 heavy (non-hydrogen) atoms. The van der Waals surface area contributed by atoms with Gasteiger partial charge in [0, 0.05) is 17.3 Å². The van der Waals surface area contributed by atoms with Gasteiger partial charge in [0.2, 0.25) is 6.41 Å². The molecule has 2 heterocycles. The van der Waals surface area contributed by atoms with E-state index >= 15 is 0 Å². The molecular formula is C25H20N4O2. The zero-order chi connectivity index (χ0) is 21.2. The van der Waals surface area contributed by atoms with Gasteiger partial charge < -0.3 is 10.6 Å². The van der Waals surface area contributed by atoms with E-state index in [9.17, 15) is 9.59 Å². The van der Waals surface area contributed by atoms with Gasteiger partial charge in [-0.2, -0.15) is 0 Å². The summed E-state index contributed by atoms with van der Waals surface area (Å²) in [4.78, 5) is 32.4. The Morgan fingerprint density at radius 1 is 0.968 bits per heavy atom. The Hall–Kier alpha value is -4.06. The van der Waals surface area contributed by atoms with Crippen LogP contribution in [-0.2, 0) is 17.6 Å². The van der Waals surface area contributed by atoms with Gasteiger partial charge in [0.15, 0.2) is 0 Å². The number of aromatic nitrogens is 2. The van der Waals surface area contributed by atoms with Crippen molar-refractivity contribution >= 4 is 34.7 Å². The molecule has 2 amide bonds. The third-order valence-corrected chi connectivity index (χ3v) is 5.68. The van der Waals surface area contributed by atoms with E-state index in [1.54, 1.807) is 12.3 Å². The van der Waals surface area contributed by atoms with E-state index in [0.29, 0.717) is 17.9 Å². The average Bonchev–Trinajstić information content (AvgIpc) is 3.21. The first kappa shape index (κ1) is 18.9. The lowest BCUT2D eigenvalue weighted by Crippen LogP contribution is -2.13. The number of fused-ring (bicyclic) bond motifs is 2. The first-order valence-corrected chi connectivity index (χ1v) is 10.2. The Balaban J connectivity index is 1.42.